The van der Waals surface area contributed by atoms with Crippen molar-refractivity contribution in [2.75, 3.05) is 19.0 Å². The molecule has 0 unspecified atom stereocenters. The third kappa shape index (κ3) is 4.22. The van der Waals surface area contributed by atoms with Crippen LogP contribution in [0, 0.1) is 24.0 Å². The lowest BCUT2D eigenvalue weighted by molar-refractivity contribution is -0.384. The summed E-state index contributed by atoms with van der Waals surface area (Å²) in [5.74, 6) is 0.708. The molecule has 2 rings (SSSR count). The topological polar surface area (TPSA) is 90.7 Å². The Bertz CT molecular complexity index is 756. The maximum absolute atomic E-state index is 12.0. The smallest absolute Gasteiger partial charge is 0.293 e. The highest BCUT2D eigenvalue weighted by Gasteiger charge is 2.19. The van der Waals surface area contributed by atoms with Gasteiger partial charge in [0.05, 0.1) is 12.0 Å². The van der Waals surface area contributed by atoms with Crippen molar-refractivity contribution in [3.63, 3.8) is 0 Å². The lowest BCUT2D eigenvalue weighted by Gasteiger charge is -2.11. The van der Waals surface area contributed by atoms with Crippen LogP contribution in [0.4, 0.5) is 11.4 Å². The lowest BCUT2D eigenvalue weighted by Crippen LogP contribution is -2.21. The van der Waals surface area contributed by atoms with Crippen LogP contribution >= 0.6 is 0 Å². The van der Waals surface area contributed by atoms with Crippen molar-refractivity contribution in [1.82, 2.24) is 0 Å². The summed E-state index contributed by atoms with van der Waals surface area (Å²) in [6.07, 6.45) is 0. The van der Waals surface area contributed by atoms with Crippen molar-refractivity contribution in [3.05, 3.63) is 57.6 Å². The van der Waals surface area contributed by atoms with Gasteiger partial charge in [0.25, 0.3) is 11.6 Å². The molecule has 0 aliphatic rings. The zero-order valence-corrected chi connectivity index (χ0v) is 13.7. The molecule has 7 nitrogen and oxygen atoms in total. The second kappa shape index (κ2) is 7.45. The van der Waals surface area contributed by atoms with Crippen molar-refractivity contribution in [2.24, 2.45) is 0 Å². The Balaban J connectivity index is 2.05. The number of nitrogens with zero attached hydrogens (tertiary/aromatic N) is 1. The maximum atomic E-state index is 12.0. The molecule has 0 radical (unpaired) electrons. The minimum atomic E-state index is -0.514. The van der Waals surface area contributed by atoms with E-state index in [1.54, 1.807) is 51.3 Å². The molecule has 7 heteroatoms. The van der Waals surface area contributed by atoms with E-state index in [1.807, 2.05) is 0 Å². The number of nitrogens with one attached hydrogen (secondary N) is 1. The van der Waals surface area contributed by atoms with Crippen LogP contribution in [-0.2, 0) is 4.79 Å². The molecule has 0 aliphatic heterocycles. The summed E-state index contributed by atoms with van der Waals surface area (Å²) in [5, 5.41) is 13.7. The van der Waals surface area contributed by atoms with Crippen LogP contribution < -0.4 is 14.8 Å². The van der Waals surface area contributed by atoms with Gasteiger partial charge in [-0.15, -0.1) is 0 Å². The van der Waals surface area contributed by atoms with Gasteiger partial charge in [0.2, 0.25) is 0 Å². The van der Waals surface area contributed by atoms with Crippen molar-refractivity contribution in [1.29, 1.82) is 0 Å². The number of benzene rings is 2. The molecule has 126 valence electrons. The van der Waals surface area contributed by atoms with E-state index in [0.29, 0.717) is 17.1 Å². The number of rotatable bonds is 6. The number of carbonyl (C=O) groups is 1. The average molecular weight is 330 g/mol. The minimum absolute atomic E-state index is 0.134. The molecule has 0 fully saturated rings. The molecule has 0 aliphatic carbocycles. The van der Waals surface area contributed by atoms with E-state index in [9.17, 15) is 14.9 Å². The Kier molecular flexibility index (Phi) is 5.36. The van der Waals surface area contributed by atoms with Crippen molar-refractivity contribution in [3.8, 4) is 11.5 Å². The molecule has 2 aromatic rings. The number of amides is 1. The molecule has 0 spiro atoms. The van der Waals surface area contributed by atoms with Crippen molar-refractivity contribution < 1.29 is 19.2 Å². The fraction of sp³-hybridized carbons (Fsp3) is 0.235. The molecule has 0 aromatic heterocycles. The number of hydrogen-bond acceptors (Lipinski definition) is 5. The summed E-state index contributed by atoms with van der Waals surface area (Å²) in [5.41, 5.74) is 1.44. The summed E-state index contributed by atoms with van der Waals surface area (Å²) in [4.78, 5) is 22.7. The lowest BCUT2D eigenvalue weighted by atomic mass is 10.1. The molecular formula is C17H18N2O5. The van der Waals surface area contributed by atoms with Gasteiger partial charge >= 0.3 is 0 Å². The van der Waals surface area contributed by atoms with Gasteiger partial charge in [-0.2, -0.15) is 0 Å². The van der Waals surface area contributed by atoms with Gasteiger partial charge in [0, 0.05) is 6.07 Å². The molecule has 0 heterocycles. The first-order valence-electron chi connectivity index (χ1n) is 7.23. The predicted molar refractivity (Wildman–Crippen MR) is 89.7 cm³/mol. The Morgan fingerprint density at radius 3 is 2.38 bits per heavy atom. The molecule has 0 saturated carbocycles. The van der Waals surface area contributed by atoms with Gasteiger partial charge in [-0.05, 0) is 49.2 Å². The largest absolute Gasteiger partial charge is 0.497 e. The van der Waals surface area contributed by atoms with Crippen molar-refractivity contribution in [2.45, 2.75) is 13.8 Å². The standard InChI is InChI=1S/C17H18N2O5/c1-11-8-12(2)17(15(9-11)19(21)22)18-16(20)10-24-14-6-4-13(23-3)5-7-14/h4-9H,10H2,1-3H3,(H,18,20). The van der Waals surface area contributed by atoms with E-state index in [1.165, 1.54) is 6.07 Å². The Hall–Kier alpha value is -3.09. The zero-order chi connectivity index (χ0) is 17.7. The number of aryl methyl sites for hydroxylation is 2. The van der Waals surface area contributed by atoms with Crippen LogP contribution in [0.5, 0.6) is 11.5 Å². The zero-order valence-electron chi connectivity index (χ0n) is 13.7. The summed E-state index contributed by atoms with van der Waals surface area (Å²) in [6, 6.07) is 9.96. The molecule has 1 amide bonds. The summed E-state index contributed by atoms with van der Waals surface area (Å²) in [6.45, 7) is 3.22. The van der Waals surface area contributed by atoms with Crippen LogP contribution in [-0.4, -0.2) is 24.5 Å². The Morgan fingerprint density at radius 2 is 1.79 bits per heavy atom. The first kappa shape index (κ1) is 17.3. The highest BCUT2D eigenvalue weighted by atomic mass is 16.6. The highest BCUT2D eigenvalue weighted by molar-refractivity contribution is 5.95. The van der Waals surface area contributed by atoms with Gasteiger partial charge in [0.1, 0.15) is 17.2 Å². The Labute approximate surface area is 139 Å². The number of nitro benzene ring substituents is 1. The van der Waals surface area contributed by atoms with Crippen LogP contribution in [0.1, 0.15) is 11.1 Å². The van der Waals surface area contributed by atoms with Crippen LogP contribution in [0.3, 0.4) is 0 Å². The van der Waals surface area contributed by atoms with Crippen molar-refractivity contribution >= 4 is 17.3 Å². The SMILES string of the molecule is COc1ccc(OCC(=O)Nc2c(C)cc(C)cc2[N+](=O)[O-])cc1. The van der Waals surface area contributed by atoms with Gasteiger partial charge in [-0.3, -0.25) is 14.9 Å². The van der Waals surface area contributed by atoms with Crippen LogP contribution in [0.15, 0.2) is 36.4 Å². The number of ether oxygens (including phenoxy) is 2. The third-order valence-corrected chi connectivity index (χ3v) is 3.35. The number of methoxy groups -OCH3 is 1. The fourth-order valence-electron chi connectivity index (χ4n) is 2.25. The molecular weight excluding hydrogens is 312 g/mol. The minimum Gasteiger partial charge on any atom is -0.497 e. The third-order valence-electron chi connectivity index (χ3n) is 3.35. The summed E-state index contributed by atoms with van der Waals surface area (Å²) >= 11 is 0. The normalized spacial score (nSPS) is 10.1. The molecule has 0 bridgehead atoms. The van der Waals surface area contributed by atoms with Gasteiger partial charge < -0.3 is 14.8 Å². The number of nitro groups is 1. The first-order valence-corrected chi connectivity index (χ1v) is 7.23. The average Bonchev–Trinajstić information content (AvgIpc) is 2.55. The molecule has 0 saturated heterocycles. The summed E-state index contributed by atoms with van der Waals surface area (Å²) in [7, 11) is 1.56. The second-order valence-electron chi connectivity index (χ2n) is 5.25. The van der Waals surface area contributed by atoms with Crippen LogP contribution in [0.25, 0.3) is 0 Å². The molecule has 0 atom stereocenters. The van der Waals surface area contributed by atoms with Gasteiger partial charge in [0.15, 0.2) is 6.61 Å². The number of carbonyl (C=O) groups excluding carboxylic acids is 1. The number of hydrogen-bond donors (Lipinski definition) is 1. The maximum Gasteiger partial charge on any atom is 0.293 e. The second-order valence-corrected chi connectivity index (χ2v) is 5.25. The number of anilines is 1. The van der Waals surface area contributed by atoms with Crippen LogP contribution in [0.2, 0.25) is 0 Å². The predicted octanol–water partition coefficient (Wildman–Crippen LogP) is 3.24. The van der Waals surface area contributed by atoms with E-state index < -0.39 is 10.8 Å². The van der Waals surface area contributed by atoms with Gasteiger partial charge in [-0.25, -0.2) is 0 Å². The van der Waals surface area contributed by atoms with Gasteiger partial charge in [-0.1, -0.05) is 6.07 Å². The quantitative estimate of drug-likeness (QED) is 0.648. The monoisotopic (exact) mass is 330 g/mol. The van der Waals surface area contributed by atoms with E-state index in [4.69, 9.17) is 9.47 Å². The highest BCUT2D eigenvalue weighted by Crippen LogP contribution is 2.29. The summed E-state index contributed by atoms with van der Waals surface area (Å²) < 4.78 is 10.4. The Morgan fingerprint density at radius 1 is 1.17 bits per heavy atom. The molecule has 2 aromatic carbocycles. The van der Waals surface area contributed by atoms with E-state index >= 15 is 0 Å². The molecule has 24 heavy (non-hydrogen) atoms. The first-order chi connectivity index (χ1) is 11.4. The fourth-order valence-corrected chi connectivity index (χ4v) is 2.25. The van der Waals surface area contributed by atoms with E-state index in [0.717, 1.165) is 5.56 Å². The van der Waals surface area contributed by atoms with E-state index in [-0.39, 0.29) is 18.0 Å². The van der Waals surface area contributed by atoms with E-state index in [2.05, 4.69) is 5.32 Å². The molecule has 1 N–H and O–H groups in total.